The van der Waals surface area contributed by atoms with Gasteiger partial charge in [-0.15, -0.1) is 0 Å². The van der Waals surface area contributed by atoms with Gasteiger partial charge in [-0.25, -0.2) is 0 Å². The number of carbonyl (C=O) groups is 3. The topological polar surface area (TPSA) is 130 Å². The van der Waals surface area contributed by atoms with Crippen molar-refractivity contribution in [3.63, 3.8) is 0 Å². The summed E-state index contributed by atoms with van der Waals surface area (Å²) in [6, 6.07) is 36.1. The van der Waals surface area contributed by atoms with E-state index in [1.54, 1.807) is 0 Å². The molecule has 2 amide bonds. The van der Waals surface area contributed by atoms with E-state index in [9.17, 15) is 5.11 Å². The lowest BCUT2D eigenvalue weighted by molar-refractivity contribution is -0.179. The highest BCUT2D eigenvalue weighted by Gasteiger charge is 2.74. The highest BCUT2D eigenvalue weighted by molar-refractivity contribution is 6.12. The number of fused-ring (bicyclic) bond motifs is 4. The van der Waals surface area contributed by atoms with Crippen LogP contribution in [0.2, 0.25) is 0 Å². The standard InChI is InChI=1S/C55H52N4O8/c60-29-30-64-42-18-10-17-41(33-42)51-55(43-31-37(21-23-44(43)56-54(55)63)20-19-36-11-4-1-5-12-36)47(52(61)58-27-25-57(26-28-58)34-38-22-24-45-46(32-38)66-35-65-45)49-53(62)67-50(40-15-8-3-9-16-40)48(59(49)51)39-13-6-2-7-14-39/h2-3,6-11,13-18,21-24,31-33,47-51,60H,1,4-5,12,25-30,34-35H2,(H,56,63)/t47-,48-,49-,50+,51+,55-/m1/s1. The first kappa shape index (κ1) is 42.7. The first-order valence-electron chi connectivity index (χ1n) is 23.4. The van der Waals surface area contributed by atoms with Crippen molar-refractivity contribution in [1.82, 2.24) is 14.7 Å². The van der Waals surface area contributed by atoms with Crippen LogP contribution in [0.3, 0.4) is 0 Å². The number of aliphatic hydroxyl groups is 1. The van der Waals surface area contributed by atoms with Crippen molar-refractivity contribution in [3.8, 4) is 29.1 Å². The van der Waals surface area contributed by atoms with Gasteiger partial charge in [-0.1, -0.05) is 96.8 Å². The molecule has 0 saturated carbocycles. The molecule has 6 atom stereocenters. The summed E-state index contributed by atoms with van der Waals surface area (Å²) in [6.07, 6.45) is 5.56. The number of anilines is 1. The number of carbonyl (C=O) groups excluding carboxylic acids is 3. The number of ether oxygens (including phenoxy) is 4. The van der Waals surface area contributed by atoms with Crippen molar-refractivity contribution < 1.29 is 38.4 Å². The fourth-order valence-corrected chi connectivity index (χ4v) is 11.3. The molecular formula is C55H52N4O8. The van der Waals surface area contributed by atoms with Gasteiger partial charge < -0.3 is 34.3 Å². The van der Waals surface area contributed by atoms with Gasteiger partial charge in [0.15, 0.2) is 11.5 Å². The maximum Gasteiger partial charge on any atom is 0.324 e. The maximum absolute atomic E-state index is 16.1. The van der Waals surface area contributed by atoms with Gasteiger partial charge >= 0.3 is 5.97 Å². The third-order valence-electron chi connectivity index (χ3n) is 14.3. The predicted molar refractivity (Wildman–Crippen MR) is 250 cm³/mol. The first-order valence-corrected chi connectivity index (χ1v) is 23.4. The van der Waals surface area contributed by atoms with Crippen LogP contribution >= 0.6 is 0 Å². The average molecular weight is 897 g/mol. The molecule has 5 aliphatic heterocycles. The fraction of sp³-hybridized carbons (Fsp3) is 0.327. The van der Waals surface area contributed by atoms with Crippen LogP contribution in [-0.4, -0.2) is 89.8 Å². The summed E-state index contributed by atoms with van der Waals surface area (Å²) in [4.78, 5) is 53.5. The number of hydrogen-bond donors (Lipinski definition) is 2. The van der Waals surface area contributed by atoms with Crippen LogP contribution in [0, 0.1) is 17.8 Å². The molecule has 11 rings (SSSR count). The Hall–Kier alpha value is -6.91. The Morgan fingerprint density at radius 2 is 1.57 bits per heavy atom. The van der Waals surface area contributed by atoms with Crippen molar-refractivity contribution in [3.05, 3.63) is 166 Å². The second-order valence-electron chi connectivity index (χ2n) is 18.1. The van der Waals surface area contributed by atoms with Gasteiger partial charge in [0.1, 0.15) is 29.9 Å². The van der Waals surface area contributed by atoms with E-state index in [0.717, 1.165) is 59.4 Å². The van der Waals surface area contributed by atoms with Crippen LogP contribution in [0.5, 0.6) is 17.2 Å². The number of allylic oxidation sites excluding steroid dienone is 2. The molecule has 0 unspecified atom stereocenters. The fourth-order valence-electron chi connectivity index (χ4n) is 11.3. The van der Waals surface area contributed by atoms with E-state index in [2.05, 4.69) is 33.0 Å². The van der Waals surface area contributed by atoms with E-state index >= 15 is 14.4 Å². The van der Waals surface area contributed by atoms with Crippen molar-refractivity contribution in [2.45, 2.75) is 61.9 Å². The molecule has 0 aromatic heterocycles. The summed E-state index contributed by atoms with van der Waals surface area (Å²) in [7, 11) is 0. The van der Waals surface area contributed by atoms with Gasteiger partial charge in [0, 0.05) is 44.0 Å². The van der Waals surface area contributed by atoms with Gasteiger partial charge in [-0.3, -0.25) is 24.2 Å². The van der Waals surface area contributed by atoms with Crippen molar-refractivity contribution in [2.75, 3.05) is 51.5 Å². The van der Waals surface area contributed by atoms with Gasteiger partial charge in [0.25, 0.3) is 0 Å². The molecule has 5 aromatic rings. The molecule has 1 aliphatic carbocycles. The molecule has 12 nitrogen and oxygen atoms in total. The quantitative estimate of drug-likeness (QED) is 0.115. The normalized spacial score (nSPS) is 25.4. The minimum absolute atomic E-state index is 0.0597. The van der Waals surface area contributed by atoms with Gasteiger partial charge in [-0.05, 0) is 102 Å². The number of nitrogens with one attached hydrogen (secondary N) is 1. The number of benzene rings is 5. The summed E-state index contributed by atoms with van der Waals surface area (Å²) in [5, 5.41) is 13.0. The summed E-state index contributed by atoms with van der Waals surface area (Å²) >= 11 is 0. The highest BCUT2D eigenvalue weighted by Crippen LogP contribution is 2.65. The molecule has 5 heterocycles. The number of morpholine rings is 1. The number of hydrogen-bond acceptors (Lipinski definition) is 10. The van der Waals surface area contributed by atoms with Crippen LogP contribution in [0.15, 0.2) is 133 Å². The Morgan fingerprint density at radius 1 is 0.791 bits per heavy atom. The molecule has 67 heavy (non-hydrogen) atoms. The summed E-state index contributed by atoms with van der Waals surface area (Å²) in [6.45, 7) is 2.65. The molecule has 3 fully saturated rings. The number of amides is 2. The lowest BCUT2D eigenvalue weighted by Gasteiger charge is -2.46. The molecule has 1 spiro atoms. The van der Waals surface area contributed by atoms with E-state index in [4.69, 9.17) is 18.9 Å². The van der Waals surface area contributed by atoms with Gasteiger partial charge in [0.05, 0.1) is 24.6 Å². The molecule has 3 saturated heterocycles. The number of cyclic esters (lactones) is 1. The molecule has 340 valence electrons. The van der Waals surface area contributed by atoms with E-state index in [-0.39, 0.29) is 31.8 Å². The zero-order chi connectivity index (χ0) is 45.5. The van der Waals surface area contributed by atoms with E-state index in [1.807, 2.05) is 126 Å². The summed E-state index contributed by atoms with van der Waals surface area (Å²) in [5.74, 6) is 6.30. The van der Waals surface area contributed by atoms with E-state index < -0.39 is 41.5 Å². The Balaban J connectivity index is 1.08. The van der Waals surface area contributed by atoms with Crippen molar-refractivity contribution in [2.24, 2.45) is 5.92 Å². The number of aliphatic hydroxyl groups excluding tert-OH is 1. The smallest absolute Gasteiger partial charge is 0.324 e. The highest BCUT2D eigenvalue weighted by atomic mass is 16.7. The minimum atomic E-state index is -1.66. The molecule has 0 bridgehead atoms. The van der Waals surface area contributed by atoms with Crippen LogP contribution in [-0.2, 0) is 31.1 Å². The SMILES string of the molecule is O=C1O[C@@H](c2ccccc2)[C@@H](c2ccccc2)N2[C@@H](c3cccc(OCCO)c3)[C@]3(C(=O)Nc4ccc(C#CC5=CCCCC5)cc43)[C@@H](C(=O)N3CCN(Cc4ccc5c(c4)OCO5)CC3)[C@H]12. The minimum Gasteiger partial charge on any atom is -0.491 e. The molecule has 5 aromatic carbocycles. The zero-order valence-electron chi connectivity index (χ0n) is 37.1. The number of nitrogens with zero attached hydrogens (tertiary/aromatic N) is 3. The van der Waals surface area contributed by atoms with E-state index in [0.29, 0.717) is 60.9 Å². The van der Waals surface area contributed by atoms with Crippen LogP contribution < -0.4 is 19.5 Å². The average Bonchev–Trinajstić information content (AvgIpc) is 4.06. The second-order valence-corrected chi connectivity index (χ2v) is 18.1. The van der Waals surface area contributed by atoms with Crippen LogP contribution in [0.4, 0.5) is 5.69 Å². The number of rotatable bonds is 9. The Kier molecular flexibility index (Phi) is 11.5. The monoisotopic (exact) mass is 896 g/mol. The Morgan fingerprint density at radius 3 is 2.34 bits per heavy atom. The Bertz CT molecular complexity index is 2800. The second kappa shape index (κ2) is 18.1. The maximum atomic E-state index is 16.1. The summed E-state index contributed by atoms with van der Waals surface area (Å²) in [5.41, 5.74) is 4.73. The Labute approximate surface area is 390 Å². The molecule has 6 aliphatic rings. The number of piperazine rings is 1. The largest absolute Gasteiger partial charge is 0.491 e. The number of esters is 1. The molecule has 12 heteroatoms. The lowest BCUT2D eigenvalue weighted by Crippen LogP contribution is -2.58. The predicted octanol–water partition coefficient (Wildman–Crippen LogP) is 7.25. The first-order chi connectivity index (χ1) is 32.9. The lowest BCUT2D eigenvalue weighted by atomic mass is 9.65. The van der Waals surface area contributed by atoms with E-state index in [1.165, 1.54) is 0 Å². The van der Waals surface area contributed by atoms with Crippen LogP contribution in [0.25, 0.3) is 0 Å². The van der Waals surface area contributed by atoms with Crippen molar-refractivity contribution >= 4 is 23.5 Å². The third-order valence-corrected chi connectivity index (χ3v) is 14.3. The van der Waals surface area contributed by atoms with Crippen molar-refractivity contribution in [1.29, 1.82) is 0 Å². The molecule has 2 N–H and O–H groups in total. The summed E-state index contributed by atoms with van der Waals surface area (Å²) < 4.78 is 23.9. The zero-order valence-corrected chi connectivity index (χ0v) is 37.1. The van der Waals surface area contributed by atoms with Gasteiger partial charge in [0.2, 0.25) is 18.6 Å². The van der Waals surface area contributed by atoms with Crippen LogP contribution in [0.1, 0.15) is 77.3 Å². The molecule has 0 radical (unpaired) electrons. The third kappa shape index (κ3) is 7.71. The van der Waals surface area contributed by atoms with Gasteiger partial charge in [-0.2, -0.15) is 0 Å². The molecular weight excluding hydrogens is 845 g/mol.